The lowest BCUT2D eigenvalue weighted by Crippen LogP contribution is -2.50. The van der Waals surface area contributed by atoms with Crippen LogP contribution in [0.2, 0.25) is 0 Å². The highest BCUT2D eigenvalue weighted by atomic mass is 16.6. The van der Waals surface area contributed by atoms with Crippen molar-refractivity contribution in [2.75, 3.05) is 5.32 Å². The molecule has 3 aromatic rings. The molecule has 0 bridgehead atoms. The molecule has 2 atom stereocenters. The highest BCUT2D eigenvalue weighted by Gasteiger charge is 2.37. The maximum atomic E-state index is 13.0. The van der Waals surface area contributed by atoms with Crippen LogP contribution in [-0.2, 0) is 27.3 Å². The van der Waals surface area contributed by atoms with Crippen LogP contribution in [0.3, 0.4) is 0 Å². The standard InChI is InChI=1S/C29H28N4O7/c1-18-7-12-24(33(39)40)22(15-18)27(35)30-21-10-8-19(9-11-21)16-23(29(37)38)31-28(36)25-13-14-26(34)32(25)17-20-5-3-2-4-6-20/h2-12,15,23,25H,13-14,16-17H2,1H3,(H,30,35)(H,31,36)(H,37,38)/t23-,25-/m0/s1. The van der Waals surface area contributed by atoms with Crippen LogP contribution in [0.5, 0.6) is 0 Å². The number of amides is 3. The molecule has 1 aliphatic rings. The number of aryl methyl sites for hydroxylation is 1. The van der Waals surface area contributed by atoms with E-state index >= 15 is 0 Å². The van der Waals surface area contributed by atoms with Crippen molar-refractivity contribution in [2.24, 2.45) is 0 Å². The monoisotopic (exact) mass is 544 g/mol. The van der Waals surface area contributed by atoms with Gasteiger partial charge in [-0.2, -0.15) is 0 Å². The zero-order chi connectivity index (χ0) is 28.8. The number of likely N-dealkylation sites (tertiary alicyclic amines) is 1. The summed E-state index contributed by atoms with van der Waals surface area (Å²) < 4.78 is 0. The highest BCUT2D eigenvalue weighted by Crippen LogP contribution is 2.23. The molecule has 0 radical (unpaired) electrons. The number of nitrogens with zero attached hydrogens (tertiary/aromatic N) is 2. The first-order chi connectivity index (χ1) is 19.1. The van der Waals surface area contributed by atoms with Gasteiger partial charge in [0.15, 0.2) is 0 Å². The highest BCUT2D eigenvalue weighted by molar-refractivity contribution is 6.07. The molecule has 1 aliphatic heterocycles. The van der Waals surface area contributed by atoms with Gasteiger partial charge in [0.2, 0.25) is 11.8 Å². The summed E-state index contributed by atoms with van der Waals surface area (Å²) in [5.41, 5.74) is 2.12. The number of carboxylic acid groups (broad SMARTS) is 1. The van der Waals surface area contributed by atoms with Gasteiger partial charge in [-0.05, 0) is 48.2 Å². The third kappa shape index (κ3) is 6.68. The Hall–Kier alpha value is -5.06. The van der Waals surface area contributed by atoms with Crippen molar-refractivity contribution in [2.45, 2.75) is 44.8 Å². The predicted molar refractivity (Wildman–Crippen MR) is 146 cm³/mol. The number of benzene rings is 3. The molecule has 206 valence electrons. The van der Waals surface area contributed by atoms with E-state index < -0.39 is 34.8 Å². The number of anilines is 1. The number of rotatable bonds is 10. The van der Waals surface area contributed by atoms with Crippen molar-refractivity contribution in [3.63, 3.8) is 0 Å². The molecule has 0 aliphatic carbocycles. The van der Waals surface area contributed by atoms with E-state index in [2.05, 4.69) is 10.6 Å². The average Bonchev–Trinajstić information content (AvgIpc) is 3.29. The van der Waals surface area contributed by atoms with Gasteiger partial charge in [0, 0.05) is 31.1 Å². The average molecular weight is 545 g/mol. The lowest BCUT2D eigenvalue weighted by atomic mass is 10.0. The fraction of sp³-hybridized carbons (Fsp3) is 0.241. The minimum absolute atomic E-state index is 0.0298. The molecule has 40 heavy (non-hydrogen) atoms. The number of nitro groups is 1. The summed E-state index contributed by atoms with van der Waals surface area (Å²) in [6.45, 7) is 1.98. The third-order valence-electron chi connectivity index (χ3n) is 6.69. The molecular formula is C29H28N4O7. The van der Waals surface area contributed by atoms with Gasteiger partial charge in [0.05, 0.1) is 4.92 Å². The number of carbonyl (C=O) groups is 4. The van der Waals surface area contributed by atoms with E-state index in [0.717, 1.165) is 5.56 Å². The Kier molecular flexibility index (Phi) is 8.53. The van der Waals surface area contributed by atoms with Crippen LogP contribution >= 0.6 is 0 Å². The molecule has 0 spiro atoms. The Morgan fingerprint density at radius 1 is 1.05 bits per heavy atom. The van der Waals surface area contributed by atoms with E-state index in [0.29, 0.717) is 23.2 Å². The molecule has 3 amide bonds. The van der Waals surface area contributed by atoms with Gasteiger partial charge >= 0.3 is 5.97 Å². The summed E-state index contributed by atoms with van der Waals surface area (Å²) in [6, 6.07) is 17.8. The van der Waals surface area contributed by atoms with Crippen LogP contribution in [0.4, 0.5) is 11.4 Å². The summed E-state index contributed by atoms with van der Waals surface area (Å²) in [5.74, 6) is -2.57. The first-order valence-corrected chi connectivity index (χ1v) is 12.6. The van der Waals surface area contributed by atoms with Crippen molar-refractivity contribution in [3.8, 4) is 0 Å². The lowest BCUT2D eigenvalue weighted by Gasteiger charge is -2.26. The Morgan fingerprint density at radius 3 is 2.40 bits per heavy atom. The lowest BCUT2D eigenvalue weighted by molar-refractivity contribution is -0.385. The van der Waals surface area contributed by atoms with Gasteiger partial charge in [-0.15, -0.1) is 0 Å². The second kappa shape index (κ2) is 12.2. The first kappa shape index (κ1) is 28.0. The summed E-state index contributed by atoms with van der Waals surface area (Å²) >= 11 is 0. The van der Waals surface area contributed by atoms with Crippen LogP contribution in [0, 0.1) is 17.0 Å². The largest absolute Gasteiger partial charge is 0.480 e. The van der Waals surface area contributed by atoms with Crippen molar-refractivity contribution >= 4 is 35.1 Å². The van der Waals surface area contributed by atoms with E-state index in [9.17, 15) is 34.4 Å². The number of hydrogen-bond acceptors (Lipinski definition) is 6. The quantitative estimate of drug-likeness (QED) is 0.260. The fourth-order valence-corrected chi connectivity index (χ4v) is 4.60. The number of nitrogens with one attached hydrogen (secondary N) is 2. The van der Waals surface area contributed by atoms with Crippen molar-refractivity contribution in [1.82, 2.24) is 10.2 Å². The van der Waals surface area contributed by atoms with E-state index in [1.54, 1.807) is 37.3 Å². The number of carboxylic acids is 1. The molecule has 0 unspecified atom stereocenters. The second-order valence-electron chi connectivity index (χ2n) is 9.59. The SMILES string of the molecule is Cc1ccc([N+](=O)[O-])c(C(=O)Nc2ccc(C[C@H](NC(=O)[C@@H]3CCC(=O)N3Cc3ccccc3)C(=O)O)cc2)c1. The number of carbonyl (C=O) groups excluding carboxylic acids is 3. The fourth-order valence-electron chi connectivity index (χ4n) is 4.60. The Bertz CT molecular complexity index is 1440. The molecule has 1 saturated heterocycles. The van der Waals surface area contributed by atoms with Gasteiger partial charge in [-0.3, -0.25) is 24.5 Å². The van der Waals surface area contributed by atoms with Gasteiger partial charge in [-0.25, -0.2) is 4.79 Å². The minimum atomic E-state index is -1.24. The molecule has 4 rings (SSSR count). The molecule has 1 heterocycles. The van der Waals surface area contributed by atoms with Crippen LogP contribution in [0.25, 0.3) is 0 Å². The van der Waals surface area contributed by atoms with Gasteiger partial charge in [0.25, 0.3) is 11.6 Å². The van der Waals surface area contributed by atoms with Crippen LogP contribution in [0.15, 0.2) is 72.8 Å². The minimum Gasteiger partial charge on any atom is -0.480 e. The molecule has 11 nitrogen and oxygen atoms in total. The van der Waals surface area contributed by atoms with Crippen LogP contribution in [-0.4, -0.2) is 50.7 Å². The summed E-state index contributed by atoms with van der Waals surface area (Å²) in [5, 5.41) is 26.2. The second-order valence-corrected chi connectivity index (χ2v) is 9.59. The van der Waals surface area contributed by atoms with Crippen molar-refractivity contribution in [3.05, 3.63) is 105 Å². The molecule has 3 N–H and O–H groups in total. The first-order valence-electron chi connectivity index (χ1n) is 12.6. The van der Waals surface area contributed by atoms with E-state index in [1.807, 2.05) is 30.3 Å². The van der Waals surface area contributed by atoms with Gasteiger partial charge in [-0.1, -0.05) is 48.5 Å². The van der Waals surface area contributed by atoms with Gasteiger partial charge < -0.3 is 20.6 Å². The number of aliphatic carboxylic acids is 1. The summed E-state index contributed by atoms with van der Waals surface area (Å²) in [4.78, 5) is 62.3. The molecule has 1 fully saturated rings. The smallest absolute Gasteiger partial charge is 0.326 e. The van der Waals surface area contributed by atoms with Crippen LogP contribution in [0.1, 0.15) is 39.9 Å². The Morgan fingerprint density at radius 2 is 1.75 bits per heavy atom. The maximum Gasteiger partial charge on any atom is 0.326 e. The molecule has 11 heteroatoms. The van der Waals surface area contributed by atoms with Gasteiger partial charge in [0.1, 0.15) is 17.6 Å². The Labute approximate surface area is 230 Å². The van der Waals surface area contributed by atoms with Crippen molar-refractivity contribution in [1.29, 1.82) is 0 Å². The van der Waals surface area contributed by atoms with Crippen molar-refractivity contribution < 1.29 is 29.2 Å². The Balaban J connectivity index is 1.40. The van der Waals surface area contributed by atoms with E-state index in [1.165, 1.54) is 17.0 Å². The normalized spacial score (nSPS) is 15.4. The van der Waals surface area contributed by atoms with E-state index in [4.69, 9.17) is 0 Å². The topological polar surface area (TPSA) is 159 Å². The maximum absolute atomic E-state index is 13.0. The zero-order valence-corrected chi connectivity index (χ0v) is 21.7. The summed E-state index contributed by atoms with van der Waals surface area (Å²) in [6.07, 6.45) is 0.483. The molecule has 0 aromatic heterocycles. The van der Waals surface area contributed by atoms with E-state index in [-0.39, 0.29) is 36.5 Å². The number of hydrogen-bond donors (Lipinski definition) is 3. The zero-order valence-electron chi connectivity index (χ0n) is 21.7. The number of nitro benzene ring substituents is 1. The predicted octanol–water partition coefficient (Wildman–Crippen LogP) is 3.46. The van der Waals surface area contributed by atoms with Crippen LogP contribution < -0.4 is 10.6 Å². The molecule has 3 aromatic carbocycles. The molecule has 0 saturated carbocycles. The molecular weight excluding hydrogens is 516 g/mol. The summed E-state index contributed by atoms with van der Waals surface area (Å²) in [7, 11) is 0. The third-order valence-corrected chi connectivity index (χ3v) is 6.69.